The summed E-state index contributed by atoms with van der Waals surface area (Å²) in [6.45, 7) is 0.762. The molecule has 2 aromatic rings. The van der Waals surface area contributed by atoms with Crippen LogP contribution in [0, 0.1) is 0 Å². The van der Waals surface area contributed by atoms with Crippen LogP contribution in [0.5, 0.6) is 11.5 Å². The maximum Gasteiger partial charge on any atom is 0.231 e. The lowest BCUT2D eigenvalue weighted by Crippen LogP contribution is -2.30. The van der Waals surface area contributed by atoms with Crippen LogP contribution in [0.25, 0.3) is 0 Å². The van der Waals surface area contributed by atoms with E-state index >= 15 is 0 Å². The number of carbonyl (C=O) groups excluding carboxylic acids is 2. The molecule has 5 nitrogen and oxygen atoms in total. The molecule has 1 aliphatic carbocycles. The Kier molecular flexibility index (Phi) is 4.05. The van der Waals surface area contributed by atoms with E-state index in [2.05, 4.69) is 21.2 Å². The van der Waals surface area contributed by atoms with Gasteiger partial charge in [-0.05, 0) is 40.0 Å². The summed E-state index contributed by atoms with van der Waals surface area (Å²) < 4.78 is 10.9. The predicted octanol–water partition coefficient (Wildman–Crippen LogP) is 3.23. The van der Waals surface area contributed by atoms with E-state index < -0.39 is 0 Å². The standard InChI is InChI=1S/C19H14BrNO4/c20-16-17(19(23)13-4-2-1-3-12(13)18(16)22)21-8-7-11-5-6-14-15(9-11)25-10-24-14/h1-6,9,21H,7-8,10H2. The van der Waals surface area contributed by atoms with E-state index in [-0.39, 0.29) is 22.8 Å². The van der Waals surface area contributed by atoms with Gasteiger partial charge in [0, 0.05) is 17.7 Å². The van der Waals surface area contributed by atoms with Crippen molar-refractivity contribution in [3.8, 4) is 11.5 Å². The van der Waals surface area contributed by atoms with Crippen molar-refractivity contribution < 1.29 is 19.1 Å². The monoisotopic (exact) mass is 399 g/mol. The van der Waals surface area contributed by atoms with Gasteiger partial charge in [-0.15, -0.1) is 0 Å². The van der Waals surface area contributed by atoms with Gasteiger partial charge in [-0.1, -0.05) is 30.3 Å². The molecule has 6 heteroatoms. The molecule has 1 N–H and O–H groups in total. The molecule has 2 aliphatic rings. The first kappa shape index (κ1) is 15.9. The molecule has 0 bridgehead atoms. The first-order valence-corrected chi connectivity index (χ1v) is 8.65. The molecule has 0 aromatic heterocycles. The summed E-state index contributed by atoms with van der Waals surface area (Å²) in [7, 11) is 0. The molecule has 0 saturated carbocycles. The number of hydrogen-bond donors (Lipinski definition) is 1. The van der Waals surface area contributed by atoms with Gasteiger partial charge >= 0.3 is 0 Å². The first-order chi connectivity index (χ1) is 12.1. The van der Waals surface area contributed by atoms with Crippen LogP contribution in [0.1, 0.15) is 26.3 Å². The van der Waals surface area contributed by atoms with Gasteiger partial charge in [0.25, 0.3) is 0 Å². The van der Waals surface area contributed by atoms with Gasteiger partial charge < -0.3 is 14.8 Å². The number of carbonyl (C=O) groups is 2. The van der Waals surface area contributed by atoms with Crippen molar-refractivity contribution in [1.29, 1.82) is 0 Å². The maximum absolute atomic E-state index is 12.6. The molecule has 0 unspecified atom stereocenters. The topological polar surface area (TPSA) is 64.6 Å². The third-order valence-electron chi connectivity index (χ3n) is 4.21. The van der Waals surface area contributed by atoms with Gasteiger partial charge in [0.15, 0.2) is 11.5 Å². The average Bonchev–Trinajstić information content (AvgIpc) is 3.10. The summed E-state index contributed by atoms with van der Waals surface area (Å²) in [6.07, 6.45) is 0.684. The molecule has 1 heterocycles. The van der Waals surface area contributed by atoms with Crippen LogP contribution in [0.3, 0.4) is 0 Å². The van der Waals surface area contributed by atoms with Gasteiger partial charge in [0.1, 0.15) is 5.70 Å². The lowest BCUT2D eigenvalue weighted by molar-refractivity contribution is 0.0976. The van der Waals surface area contributed by atoms with Gasteiger partial charge in [0.2, 0.25) is 18.4 Å². The van der Waals surface area contributed by atoms with Crippen molar-refractivity contribution in [2.24, 2.45) is 0 Å². The molecule has 2 aromatic carbocycles. The fraction of sp³-hybridized carbons (Fsp3) is 0.158. The zero-order valence-electron chi connectivity index (χ0n) is 13.2. The number of nitrogens with one attached hydrogen (secondary N) is 1. The molecule has 0 fully saturated rings. The van der Waals surface area contributed by atoms with E-state index in [0.29, 0.717) is 29.8 Å². The van der Waals surface area contributed by atoms with E-state index in [9.17, 15) is 9.59 Å². The molecule has 25 heavy (non-hydrogen) atoms. The highest BCUT2D eigenvalue weighted by Gasteiger charge is 2.30. The molecule has 4 rings (SSSR count). The fourth-order valence-electron chi connectivity index (χ4n) is 2.93. The van der Waals surface area contributed by atoms with Crippen LogP contribution in [0.15, 0.2) is 52.6 Å². The molecular formula is C19H14BrNO4. The number of ketones is 2. The minimum absolute atomic E-state index is 0.173. The zero-order valence-corrected chi connectivity index (χ0v) is 14.8. The molecular weight excluding hydrogens is 386 g/mol. The summed E-state index contributed by atoms with van der Waals surface area (Å²) in [5, 5.41) is 3.10. The Hall–Kier alpha value is -2.60. The quantitative estimate of drug-likeness (QED) is 0.854. The highest BCUT2D eigenvalue weighted by atomic mass is 79.9. The van der Waals surface area contributed by atoms with E-state index in [1.54, 1.807) is 24.3 Å². The van der Waals surface area contributed by atoms with Gasteiger partial charge in [-0.2, -0.15) is 0 Å². The highest BCUT2D eigenvalue weighted by Crippen LogP contribution is 2.32. The van der Waals surface area contributed by atoms with Crippen LogP contribution < -0.4 is 14.8 Å². The SMILES string of the molecule is O=C1C(Br)=C(NCCc2ccc3c(c2)OCO3)C(=O)c2ccccc21. The minimum Gasteiger partial charge on any atom is -0.454 e. The van der Waals surface area contributed by atoms with Crippen molar-refractivity contribution in [3.05, 3.63) is 69.3 Å². The largest absolute Gasteiger partial charge is 0.454 e. The van der Waals surface area contributed by atoms with Crippen molar-refractivity contribution in [1.82, 2.24) is 5.32 Å². The molecule has 0 spiro atoms. The number of benzene rings is 2. The van der Waals surface area contributed by atoms with Crippen LogP contribution in [0.2, 0.25) is 0 Å². The summed E-state index contributed by atoms with van der Waals surface area (Å²) in [5.74, 6) is 1.12. The number of fused-ring (bicyclic) bond motifs is 2. The van der Waals surface area contributed by atoms with Crippen LogP contribution >= 0.6 is 15.9 Å². The van der Waals surface area contributed by atoms with Crippen LogP contribution in [-0.2, 0) is 6.42 Å². The van der Waals surface area contributed by atoms with E-state index in [4.69, 9.17) is 9.47 Å². The Morgan fingerprint density at radius 1 is 0.960 bits per heavy atom. The van der Waals surface area contributed by atoms with Crippen molar-refractivity contribution in [3.63, 3.8) is 0 Å². The maximum atomic E-state index is 12.6. The summed E-state index contributed by atoms with van der Waals surface area (Å²) >= 11 is 3.27. The predicted molar refractivity (Wildman–Crippen MR) is 95.3 cm³/mol. The van der Waals surface area contributed by atoms with E-state index in [1.165, 1.54) is 0 Å². The molecule has 1 aliphatic heterocycles. The third kappa shape index (κ3) is 2.82. The Morgan fingerprint density at radius 2 is 1.68 bits per heavy atom. The van der Waals surface area contributed by atoms with Gasteiger partial charge in [0.05, 0.1) is 4.48 Å². The number of hydrogen-bond acceptors (Lipinski definition) is 5. The summed E-state index contributed by atoms with van der Waals surface area (Å²) in [4.78, 5) is 25.0. The van der Waals surface area contributed by atoms with Gasteiger partial charge in [-0.25, -0.2) is 0 Å². The summed E-state index contributed by atoms with van der Waals surface area (Å²) in [5.41, 5.74) is 2.23. The number of Topliss-reactive ketones (excluding diaryl/α,β-unsaturated/α-hetero) is 2. The van der Waals surface area contributed by atoms with Gasteiger partial charge in [-0.3, -0.25) is 9.59 Å². The molecule has 0 saturated heterocycles. The fourth-order valence-corrected chi connectivity index (χ4v) is 3.47. The highest BCUT2D eigenvalue weighted by molar-refractivity contribution is 9.12. The van der Waals surface area contributed by atoms with Crippen molar-refractivity contribution >= 4 is 27.5 Å². The van der Waals surface area contributed by atoms with Crippen LogP contribution in [0.4, 0.5) is 0 Å². The third-order valence-corrected chi connectivity index (χ3v) is 4.97. The van der Waals surface area contributed by atoms with Crippen LogP contribution in [-0.4, -0.2) is 24.9 Å². The smallest absolute Gasteiger partial charge is 0.231 e. The average molecular weight is 400 g/mol. The Balaban J connectivity index is 1.48. The lowest BCUT2D eigenvalue weighted by Gasteiger charge is -2.19. The van der Waals surface area contributed by atoms with E-state index in [1.807, 2.05) is 18.2 Å². The zero-order chi connectivity index (χ0) is 17.4. The minimum atomic E-state index is -0.180. The Morgan fingerprint density at radius 3 is 2.48 bits per heavy atom. The second-order valence-corrected chi connectivity index (χ2v) is 6.55. The van der Waals surface area contributed by atoms with Crippen molar-refractivity contribution in [2.75, 3.05) is 13.3 Å². The second-order valence-electron chi connectivity index (χ2n) is 5.76. The van der Waals surface area contributed by atoms with Crippen molar-refractivity contribution in [2.45, 2.75) is 6.42 Å². The number of halogens is 1. The molecule has 126 valence electrons. The second kappa shape index (κ2) is 6.37. The normalized spacial score (nSPS) is 15.4. The summed E-state index contributed by atoms with van der Waals surface area (Å²) in [6, 6.07) is 12.6. The molecule has 0 amide bonds. The Labute approximate surface area is 152 Å². The first-order valence-electron chi connectivity index (χ1n) is 7.86. The number of ether oxygens (including phenoxy) is 2. The number of rotatable bonds is 4. The lowest BCUT2D eigenvalue weighted by atomic mass is 9.92. The number of allylic oxidation sites excluding steroid dienone is 2. The Bertz CT molecular complexity index is 919. The molecule has 0 radical (unpaired) electrons. The van der Waals surface area contributed by atoms with E-state index in [0.717, 1.165) is 17.1 Å². The molecule has 0 atom stereocenters.